The molecule has 0 amide bonds. The highest BCUT2D eigenvalue weighted by atomic mass is 35.5. The molecule has 1 aromatic carbocycles. The predicted molar refractivity (Wildman–Crippen MR) is 60.3 cm³/mol. The van der Waals surface area contributed by atoms with Crippen LogP contribution in [0.4, 0.5) is 4.39 Å². The number of nitrogens with zero attached hydrogens (tertiary/aromatic N) is 1. The van der Waals surface area contributed by atoms with E-state index < -0.39 is 11.8 Å². The van der Waals surface area contributed by atoms with Crippen molar-refractivity contribution in [1.29, 1.82) is 0 Å². The molecule has 88 valence electrons. The Kier molecular flexibility index (Phi) is 3.10. The Morgan fingerprint density at radius 3 is 2.94 bits per heavy atom. The topological polar surface area (TPSA) is 66.0 Å². The number of rotatable bonds is 3. The zero-order chi connectivity index (χ0) is 12.4. The molecule has 0 aliphatic rings. The maximum Gasteiger partial charge on any atom is 0.309 e. The number of hydrogen-bond acceptors (Lipinski definition) is 2. The number of carboxylic acids is 1. The van der Waals surface area contributed by atoms with Crippen molar-refractivity contribution in [2.75, 3.05) is 0 Å². The molecule has 0 bridgehead atoms. The molecular weight excluding hydrogens is 247 g/mol. The summed E-state index contributed by atoms with van der Waals surface area (Å²) in [5.41, 5.74) is 1.69. The molecular formula is C11H8ClFN2O2. The molecule has 0 radical (unpaired) electrons. The van der Waals surface area contributed by atoms with Crippen LogP contribution in [-0.4, -0.2) is 21.3 Å². The number of H-pyrrole nitrogens is 1. The van der Waals surface area contributed by atoms with Crippen LogP contribution in [0, 0.1) is 5.82 Å². The van der Waals surface area contributed by atoms with Gasteiger partial charge in [0.25, 0.3) is 0 Å². The zero-order valence-electron chi connectivity index (χ0n) is 8.58. The van der Waals surface area contributed by atoms with Crippen molar-refractivity contribution in [1.82, 2.24) is 10.2 Å². The van der Waals surface area contributed by atoms with Crippen molar-refractivity contribution in [2.24, 2.45) is 0 Å². The first-order chi connectivity index (χ1) is 8.08. The number of nitrogens with one attached hydrogen (secondary N) is 1. The Bertz CT molecular complexity index is 568. The number of aromatic amines is 1. The molecule has 0 saturated heterocycles. The summed E-state index contributed by atoms with van der Waals surface area (Å²) in [5, 5.41) is 15.1. The van der Waals surface area contributed by atoms with E-state index in [9.17, 15) is 9.18 Å². The van der Waals surface area contributed by atoms with Crippen molar-refractivity contribution in [2.45, 2.75) is 6.42 Å². The molecule has 0 unspecified atom stereocenters. The third-order valence-electron chi connectivity index (χ3n) is 2.28. The van der Waals surface area contributed by atoms with E-state index in [4.69, 9.17) is 16.7 Å². The Morgan fingerprint density at radius 1 is 1.53 bits per heavy atom. The van der Waals surface area contributed by atoms with Crippen molar-refractivity contribution in [3.05, 3.63) is 40.9 Å². The largest absolute Gasteiger partial charge is 0.481 e. The van der Waals surface area contributed by atoms with Gasteiger partial charge in [0.15, 0.2) is 0 Å². The summed E-state index contributed by atoms with van der Waals surface area (Å²) < 4.78 is 13.0. The van der Waals surface area contributed by atoms with Crippen molar-refractivity contribution in [3.8, 4) is 11.1 Å². The van der Waals surface area contributed by atoms with Gasteiger partial charge in [0.1, 0.15) is 5.82 Å². The number of benzene rings is 1. The second-order valence-electron chi connectivity index (χ2n) is 3.46. The van der Waals surface area contributed by atoms with Gasteiger partial charge in [0.2, 0.25) is 0 Å². The van der Waals surface area contributed by atoms with Crippen LogP contribution in [0.5, 0.6) is 0 Å². The highest BCUT2D eigenvalue weighted by molar-refractivity contribution is 6.31. The van der Waals surface area contributed by atoms with Crippen LogP contribution in [0.3, 0.4) is 0 Å². The molecule has 4 nitrogen and oxygen atoms in total. The van der Waals surface area contributed by atoms with Crippen LogP contribution < -0.4 is 0 Å². The Balaban J connectivity index is 2.42. The van der Waals surface area contributed by atoms with E-state index in [1.165, 1.54) is 24.4 Å². The summed E-state index contributed by atoms with van der Waals surface area (Å²) in [6.45, 7) is 0. The van der Waals surface area contributed by atoms with Crippen molar-refractivity contribution in [3.63, 3.8) is 0 Å². The summed E-state index contributed by atoms with van der Waals surface area (Å²) in [6.07, 6.45) is 1.31. The third kappa shape index (κ3) is 2.45. The first-order valence-corrected chi connectivity index (χ1v) is 5.15. The second kappa shape index (κ2) is 4.55. The maximum atomic E-state index is 13.0. The number of carbonyl (C=O) groups is 1. The van der Waals surface area contributed by atoms with Gasteiger partial charge < -0.3 is 5.11 Å². The van der Waals surface area contributed by atoms with E-state index in [1.54, 1.807) is 0 Å². The second-order valence-corrected chi connectivity index (χ2v) is 3.87. The molecule has 0 aliphatic heterocycles. The fourth-order valence-corrected chi connectivity index (χ4v) is 1.69. The molecule has 2 aromatic rings. The minimum Gasteiger partial charge on any atom is -0.481 e. The van der Waals surface area contributed by atoms with Gasteiger partial charge >= 0.3 is 5.97 Å². The first kappa shape index (κ1) is 11.6. The SMILES string of the molecule is O=C(O)Cc1[nH]ncc1-c1ccc(F)c(Cl)c1. The number of halogens is 2. The van der Waals surface area contributed by atoms with Crippen LogP contribution >= 0.6 is 11.6 Å². The summed E-state index contributed by atoms with van der Waals surface area (Å²) in [7, 11) is 0. The lowest BCUT2D eigenvalue weighted by atomic mass is 10.1. The minimum absolute atomic E-state index is 0.00928. The highest BCUT2D eigenvalue weighted by Gasteiger charge is 2.12. The van der Waals surface area contributed by atoms with Gasteiger partial charge in [0, 0.05) is 5.56 Å². The van der Waals surface area contributed by atoms with Gasteiger partial charge in [-0.1, -0.05) is 17.7 Å². The van der Waals surface area contributed by atoms with E-state index in [0.29, 0.717) is 16.8 Å². The summed E-state index contributed by atoms with van der Waals surface area (Å²) in [5.74, 6) is -1.48. The molecule has 2 N–H and O–H groups in total. The lowest BCUT2D eigenvalue weighted by Crippen LogP contribution is -2.01. The van der Waals surface area contributed by atoms with E-state index in [-0.39, 0.29) is 11.4 Å². The molecule has 0 atom stereocenters. The molecule has 0 aliphatic carbocycles. The van der Waals surface area contributed by atoms with E-state index in [0.717, 1.165) is 0 Å². The predicted octanol–water partition coefficient (Wildman–Crippen LogP) is 2.50. The molecule has 2 rings (SSSR count). The number of carboxylic acid groups (broad SMARTS) is 1. The quantitative estimate of drug-likeness (QED) is 0.884. The van der Waals surface area contributed by atoms with Gasteiger partial charge in [0.05, 0.1) is 23.3 Å². The standard InChI is InChI=1S/C11H8ClFN2O2/c12-8-3-6(1-2-9(8)13)7-5-14-15-10(7)4-11(16)17/h1-3,5H,4H2,(H,14,15)(H,16,17). The fraction of sp³-hybridized carbons (Fsp3) is 0.0909. The van der Waals surface area contributed by atoms with Crippen LogP contribution in [0.15, 0.2) is 24.4 Å². The fourth-order valence-electron chi connectivity index (χ4n) is 1.51. The van der Waals surface area contributed by atoms with Gasteiger partial charge in [-0.05, 0) is 17.7 Å². The van der Waals surface area contributed by atoms with Gasteiger partial charge in [-0.3, -0.25) is 9.89 Å². The highest BCUT2D eigenvalue weighted by Crippen LogP contribution is 2.26. The van der Waals surface area contributed by atoms with E-state index in [1.807, 2.05) is 0 Å². The minimum atomic E-state index is -0.969. The van der Waals surface area contributed by atoms with Crippen LogP contribution in [0.2, 0.25) is 5.02 Å². The average Bonchev–Trinajstić information content (AvgIpc) is 2.69. The van der Waals surface area contributed by atoms with Crippen LogP contribution in [0.25, 0.3) is 11.1 Å². The van der Waals surface area contributed by atoms with E-state index in [2.05, 4.69) is 10.2 Å². The average molecular weight is 255 g/mol. The lowest BCUT2D eigenvalue weighted by Gasteiger charge is -2.02. The van der Waals surface area contributed by atoms with Crippen molar-refractivity contribution < 1.29 is 14.3 Å². The van der Waals surface area contributed by atoms with E-state index >= 15 is 0 Å². The number of aliphatic carboxylic acids is 1. The normalized spacial score (nSPS) is 10.5. The Morgan fingerprint density at radius 2 is 2.29 bits per heavy atom. The summed E-state index contributed by atoms with van der Waals surface area (Å²) >= 11 is 5.67. The number of aromatic nitrogens is 2. The first-order valence-electron chi connectivity index (χ1n) is 4.77. The molecule has 0 spiro atoms. The van der Waals surface area contributed by atoms with Gasteiger partial charge in [-0.25, -0.2) is 4.39 Å². The Labute approximate surface area is 101 Å². The maximum absolute atomic E-state index is 13.0. The molecule has 17 heavy (non-hydrogen) atoms. The number of hydrogen-bond donors (Lipinski definition) is 2. The van der Waals surface area contributed by atoms with Gasteiger partial charge in [-0.2, -0.15) is 5.10 Å². The van der Waals surface area contributed by atoms with Crippen LogP contribution in [-0.2, 0) is 11.2 Å². The zero-order valence-corrected chi connectivity index (χ0v) is 9.33. The smallest absolute Gasteiger partial charge is 0.309 e. The summed E-state index contributed by atoms with van der Waals surface area (Å²) in [4.78, 5) is 10.6. The van der Waals surface area contributed by atoms with Crippen molar-refractivity contribution >= 4 is 17.6 Å². The molecule has 1 aromatic heterocycles. The Hall–Kier alpha value is -1.88. The summed E-state index contributed by atoms with van der Waals surface area (Å²) in [6, 6.07) is 4.19. The molecule has 1 heterocycles. The van der Waals surface area contributed by atoms with Gasteiger partial charge in [-0.15, -0.1) is 0 Å². The van der Waals surface area contributed by atoms with Crippen LogP contribution in [0.1, 0.15) is 5.69 Å². The molecule has 0 fully saturated rings. The third-order valence-corrected chi connectivity index (χ3v) is 2.57. The molecule has 6 heteroatoms. The lowest BCUT2D eigenvalue weighted by molar-refractivity contribution is -0.136. The molecule has 0 saturated carbocycles. The monoisotopic (exact) mass is 254 g/mol.